The number of aryl methyl sites for hydroxylation is 1. The number of benzene rings is 1. The molecule has 0 aromatic heterocycles. The monoisotopic (exact) mass is 351 g/mol. The minimum absolute atomic E-state index is 0.0853. The Morgan fingerprint density at radius 2 is 1.72 bits per heavy atom. The second-order valence-corrected chi connectivity index (χ2v) is 7.63. The molecule has 0 saturated carbocycles. The molecule has 0 atom stereocenters. The highest BCUT2D eigenvalue weighted by Crippen LogP contribution is 2.31. The number of phenolic OH excluding ortho intramolecular Hbond substituents is 1. The molecule has 5 nitrogen and oxygen atoms in total. The van der Waals surface area contributed by atoms with Crippen molar-refractivity contribution in [3.05, 3.63) is 29.3 Å². The summed E-state index contributed by atoms with van der Waals surface area (Å²) in [4.78, 5) is 14.3. The third kappa shape index (κ3) is 4.95. The number of carbonyl (C=O) groups excluding carboxylic acids is 1. The highest BCUT2D eigenvalue weighted by Gasteiger charge is 2.36. The van der Waals surface area contributed by atoms with Gasteiger partial charge in [-0.15, -0.1) is 0 Å². The van der Waals surface area contributed by atoms with Crippen LogP contribution in [0.25, 0.3) is 0 Å². The maximum absolute atomic E-state index is 12.7. The van der Waals surface area contributed by atoms with Gasteiger partial charge < -0.3 is 20.2 Å². The van der Waals surface area contributed by atoms with Crippen molar-refractivity contribution in [1.29, 1.82) is 0 Å². The maximum atomic E-state index is 12.7. The number of nitrogens with zero attached hydrogens (tertiary/aromatic N) is 1. The molecule has 0 bridgehead atoms. The first-order chi connectivity index (χ1) is 11.6. The molecular weight excluding hydrogens is 318 g/mol. The van der Waals surface area contributed by atoms with E-state index in [2.05, 4.69) is 0 Å². The predicted molar refractivity (Wildman–Crippen MR) is 99.7 cm³/mol. The van der Waals surface area contributed by atoms with Crippen LogP contribution >= 0.6 is 0 Å². The average Bonchev–Trinajstić information content (AvgIpc) is 2.57. The Balaban J connectivity index is 2.91. The number of aromatic hydroxyl groups is 1. The van der Waals surface area contributed by atoms with Crippen LogP contribution in [0.4, 0.5) is 0 Å². The molecule has 1 aromatic rings. The Kier molecular flexibility index (Phi) is 7.44. The zero-order valence-corrected chi connectivity index (χ0v) is 16.2. The third-order valence-corrected chi connectivity index (χ3v) is 4.93. The lowest BCUT2D eigenvalue weighted by molar-refractivity contribution is -0.142. The van der Waals surface area contributed by atoms with Gasteiger partial charge in [-0.2, -0.15) is 0 Å². The largest absolute Gasteiger partial charge is 0.508 e. The van der Waals surface area contributed by atoms with Gasteiger partial charge >= 0.3 is 0 Å². The molecule has 3 N–H and O–H groups in total. The molecule has 1 rings (SSSR count). The number of hydrogen-bond acceptors (Lipinski definition) is 4. The Morgan fingerprint density at radius 3 is 2.16 bits per heavy atom. The second kappa shape index (κ2) is 8.68. The summed E-state index contributed by atoms with van der Waals surface area (Å²) in [6.45, 7) is 9.75. The van der Waals surface area contributed by atoms with Crippen LogP contribution in [-0.2, 0) is 16.6 Å². The molecular formula is C20H33NO4. The van der Waals surface area contributed by atoms with E-state index < -0.39 is 5.54 Å². The van der Waals surface area contributed by atoms with Gasteiger partial charge in [0.2, 0.25) is 5.91 Å². The van der Waals surface area contributed by atoms with Crippen LogP contribution in [0.5, 0.6) is 5.75 Å². The number of carbonyl (C=O) groups is 1. The average molecular weight is 351 g/mol. The van der Waals surface area contributed by atoms with E-state index in [0.717, 1.165) is 11.1 Å². The number of aliphatic hydroxyl groups excluding tert-OH is 2. The molecule has 0 radical (unpaired) electrons. The van der Waals surface area contributed by atoms with Crippen LogP contribution in [-0.4, -0.2) is 51.4 Å². The summed E-state index contributed by atoms with van der Waals surface area (Å²) >= 11 is 0. The number of hydrogen-bond donors (Lipinski definition) is 3. The molecule has 0 aliphatic carbocycles. The van der Waals surface area contributed by atoms with Crippen molar-refractivity contribution in [2.24, 2.45) is 0 Å². The molecule has 25 heavy (non-hydrogen) atoms. The van der Waals surface area contributed by atoms with Crippen molar-refractivity contribution in [3.8, 4) is 5.75 Å². The van der Waals surface area contributed by atoms with Crippen molar-refractivity contribution in [2.45, 2.75) is 64.8 Å². The molecule has 0 unspecified atom stereocenters. The van der Waals surface area contributed by atoms with E-state index in [9.17, 15) is 20.1 Å². The fraction of sp³-hybridized carbons (Fsp3) is 0.650. The van der Waals surface area contributed by atoms with E-state index in [-0.39, 0.29) is 30.3 Å². The van der Waals surface area contributed by atoms with Gasteiger partial charge in [0.25, 0.3) is 0 Å². The summed E-state index contributed by atoms with van der Waals surface area (Å²) in [6.07, 6.45) is 1.34. The summed E-state index contributed by atoms with van der Waals surface area (Å²) in [6, 6.07) is 5.46. The van der Waals surface area contributed by atoms with Gasteiger partial charge in [-0.05, 0) is 42.4 Å². The van der Waals surface area contributed by atoms with E-state index in [0.29, 0.717) is 25.8 Å². The third-order valence-electron chi connectivity index (χ3n) is 4.93. The van der Waals surface area contributed by atoms with E-state index in [1.165, 1.54) is 0 Å². The lowest BCUT2D eigenvalue weighted by Gasteiger charge is -2.40. The Bertz CT molecular complexity index is 565. The van der Waals surface area contributed by atoms with Crippen molar-refractivity contribution >= 4 is 5.91 Å². The van der Waals surface area contributed by atoms with E-state index >= 15 is 0 Å². The molecule has 0 fully saturated rings. The Hall–Kier alpha value is -1.59. The lowest BCUT2D eigenvalue weighted by atomic mass is 9.85. The van der Waals surface area contributed by atoms with Crippen molar-refractivity contribution in [2.75, 3.05) is 19.8 Å². The van der Waals surface area contributed by atoms with Crippen LogP contribution in [0.3, 0.4) is 0 Å². The van der Waals surface area contributed by atoms with Gasteiger partial charge in [-0.25, -0.2) is 0 Å². The van der Waals surface area contributed by atoms with Crippen molar-refractivity contribution < 1.29 is 20.1 Å². The van der Waals surface area contributed by atoms with E-state index in [4.69, 9.17) is 0 Å². The van der Waals surface area contributed by atoms with Gasteiger partial charge in [-0.1, -0.05) is 39.8 Å². The molecule has 5 heteroatoms. The van der Waals surface area contributed by atoms with Crippen LogP contribution in [0.15, 0.2) is 18.2 Å². The minimum atomic E-state index is -0.905. The zero-order chi connectivity index (χ0) is 19.3. The van der Waals surface area contributed by atoms with Gasteiger partial charge in [0.1, 0.15) is 5.75 Å². The minimum Gasteiger partial charge on any atom is -0.508 e. The smallest absolute Gasteiger partial charge is 0.223 e. The van der Waals surface area contributed by atoms with E-state index in [1.807, 2.05) is 46.8 Å². The molecule has 142 valence electrons. The lowest BCUT2D eigenvalue weighted by Crippen LogP contribution is -2.56. The first-order valence-corrected chi connectivity index (χ1v) is 8.99. The molecule has 0 heterocycles. The van der Waals surface area contributed by atoms with Gasteiger partial charge in [0.15, 0.2) is 0 Å². The zero-order valence-electron chi connectivity index (χ0n) is 16.2. The molecule has 0 spiro atoms. The number of amides is 1. The summed E-state index contributed by atoms with van der Waals surface area (Å²) in [5.74, 6) is 0.182. The number of phenols is 1. The topological polar surface area (TPSA) is 81.0 Å². The number of aliphatic hydroxyl groups is 2. The molecule has 1 amide bonds. The van der Waals surface area contributed by atoms with Crippen molar-refractivity contribution in [3.63, 3.8) is 0 Å². The molecule has 0 aliphatic heterocycles. The van der Waals surface area contributed by atoms with Gasteiger partial charge in [0.05, 0.1) is 18.8 Å². The van der Waals surface area contributed by atoms with Crippen molar-refractivity contribution in [1.82, 2.24) is 4.90 Å². The summed E-state index contributed by atoms with van der Waals surface area (Å²) < 4.78 is 0. The summed E-state index contributed by atoms with van der Waals surface area (Å²) in [5.41, 5.74) is 0.767. The first-order valence-electron chi connectivity index (χ1n) is 8.99. The normalized spacial score (nSPS) is 12.3. The summed E-state index contributed by atoms with van der Waals surface area (Å²) in [7, 11) is 0. The van der Waals surface area contributed by atoms with Crippen LogP contribution in [0, 0.1) is 0 Å². The summed E-state index contributed by atoms with van der Waals surface area (Å²) in [5, 5.41) is 29.4. The van der Waals surface area contributed by atoms with E-state index in [1.54, 1.807) is 11.0 Å². The van der Waals surface area contributed by atoms with Gasteiger partial charge in [-0.3, -0.25) is 4.79 Å². The highest BCUT2D eigenvalue weighted by atomic mass is 16.3. The molecule has 1 aromatic carbocycles. The fourth-order valence-corrected chi connectivity index (χ4v) is 3.14. The predicted octanol–water partition coefficient (Wildman–Crippen LogP) is 2.60. The Labute approximate surface area is 151 Å². The van der Waals surface area contributed by atoms with Gasteiger partial charge in [0, 0.05) is 13.0 Å². The van der Waals surface area contributed by atoms with Crippen LogP contribution in [0.2, 0.25) is 0 Å². The quantitative estimate of drug-likeness (QED) is 0.672. The number of likely N-dealkylation sites (N-methyl/N-ethyl adjacent to an activating group) is 1. The maximum Gasteiger partial charge on any atom is 0.223 e. The first kappa shape index (κ1) is 21.5. The van der Waals surface area contributed by atoms with Crippen LogP contribution in [0.1, 0.15) is 58.6 Å². The highest BCUT2D eigenvalue weighted by molar-refractivity contribution is 5.77. The molecule has 0 aliphatic rings. The number of rotatable bonds is 8. The fourth-order valence-electron chi connectivity index (χ4n) is 3.14. The second-order valence-electron chi connectivity index (χ2n) is 7.63. The van der Waals surface area contributed by atoms with Crippen LogP contribution < -0.4 is 0 Å². The Morgan fingerprint density at radius 1 is 1.12 bits per heavy atom. The molecule has 0 saturated heterocycles. The SMILES string of the molecule is CCN(C(=O)CCc1ccc(O)c(C(C)(C)C)c1)C(CC)(CO)CO. The standard InChI is InChI=1S/C20H33NO4/c1-6-20(13-22,14-23)21(7-2)18(25)11-9-15-8-10-17(24)16(12-15)19(3,4)5/h8,10,12,22-24H,6-7,9,11,13-14H2,1-5H3.